The molecule has 1 aliphatic rings. The zero-order chi connectivity index (χ0) is 13.0. The van der Waals surface area contributed by atoms with E-state index >= 15 is 0 Å². The van der Waals surface area contributed by atoms with Crippen LogP contribution in [0.4, 0.5) is 0 Å². The summed E-state index contributed by atoms with van der Waals surface area (Å²) in [5.74, 6) is 1.54. The predicted octanol–water partition coefficient (Wildman–Crippen LogP) is 1.58. The summed E-state index contributed by atoms with van der Waals surface area (Å²) >= 11 is 0. The number of rotatable bonds is 7. The van der Waals surface area contributed by atoms with Crippen molar-refractivity contribution in [2.24, 2.45) is 0 Å². The molecule has 0 radical (unpaired) electrons. The fourth-order valence-corrected chi connectivity index (χ4v) is 1.65. The van der Waals surface area contributed by atoms with E-state index in [-0.39, 0.29) is 5.54 Å². The second kappa shape index (κ2) is 5.59. The van der Waals surface area contributed by atoms with Gasteiger partial charge in [0.2, 0.25) is 0 Å². The second-order valence-electron chi connectivity index (χ2n) is 5.08. The molecule has 0 aliphatic heterocycles. The van der Waals surface area contributed by atoms with E-state index in [0.717, 1.165) is 11.5 Å². The number of hydrogen-bond donors (Lipinski definition) is 2. The van der Waals surface area contributed by atoms with Gasteiger partial charge in [-0.05, 0) is 44.0 Å². The highest BCUT2D eigenvalue weighted by Gasteiger charge is 2.36. The van der Waals surface area contributed by atoms with Crippen LogP contribution in [0.2, 0.25) is 0 Å². The third-order valence-electron chi connectivity index (χ3n) is 3.27. The van der Waals surface area contributed by atoms with Crippen molar-refractivity contribution >= 4 is 0 Å². The molecule has 18 heavy (non-hydrogen) atoms. The smallest absolute Gasteiger partial charge is 0.119 e. The van der Waals surface area contributed by atoms with Crippen LogP contribution in [0.15, 0.2) is 24.3 Å². The summed E-state index contributed by atoms with van der Waals surface area (Å²) in [6.07, 6.45) is 1.91. The Morgan fingerprint density at radius 3 is 2.44 bits per heavy atom. The molecule has 1 aliphatic carbocycles. The topological polar surface area (TPSA) is 50.7 Å². The SMILES string of the molecule is COc1ccc(OCC(O)CNC2(C)CC2)cc1. The average Bonchev–Trinajstić information content (AvgIpc) is 3.13. The van der Waals surface area contributed by atoms with E-state index in [2.05, 4.69) is 12.2 Å². The molecule has 2 rings (SSSR count). The van der Waals surface area contributed by atoms with Crippen molar-refractivity contribution in [3.63, 3.8) is 0 Å². The summed E-state index contributed by atoms with van der Waals surface area (Å²) in [6.45, 7) is 3.05. The van der Waals surface area contributed by atoms with E-state index < -0.39 is 6.10 Å². The van der Waals surface area contributed by atoms with E-state index in [1.807, 2.05) is 24.3 Å². The molecule has 1 atom stereocenters. The maximum Gasteiger partial charge on any atom is 0.119 e. The van der Waals surface area contributed by atoms with Gasteiger partial charge >= 0.3 is 0 Å². The molecule has 0 heterocycles. The van der Waals surface area contributed by atoms with Gasteiger partial charge in [0.1, 0.15) is 24.2 Å². The molecule has 2 N–H and O–H groups in total. The zero-order valence-electron chi connectivity index (χ0n) is 11.0. The first-order valence-corrected chi connectivity index (χ1v) is 6.31. The molecule has 100 valence electrons. The number of benzene rings is 1. The van der Waals surface area contributed by atoms with Gasteiger partial charge in [0.25, 0.3) is 0 Å². The largest absolute Gasteiger partial charge is 0.497 e. The highest BCUT2D eigenvalue weighted by Crippen LogP contribution is 2.33. The molecule has 0 aromatic heterocycles. The van der Waals surface area contributed by atoms with E-state index in [9.17, 15) is 5.11 Å². The zero-order valence-corrected chi connectivity index (χ0v) is 11.0. The lowest BCUT2D eigenvalue weighted by Crippen LogP contribution is -2.37. The average molecular weight is 251 g/mol. The quantitative estimate of drug-likeness (QED) is 0.772. The molecule has 1 unspecified atom stereocenters. The normalized spacial score (nSPS) is 18.2. The summed E-state index contributed by atoms with van der Waals surface area (Å²) in [6, 6.07) is 7.35. The number of ether oxygens (including phenoxy) is 2. The Hall–Kier alpha value is -1.26. The van der Waals surface area contributed by atoms with Gasteiger partial charge < -0.3 is 19.9 Å². The summed E-state index contributed by atoms with van der Waals surface area (Å²) in [5.41, 5.74) is 0.251. The van der Waals surface area contributed by atoms with Gasteiger partial charge in [0.15, 0.2) is 0 Å². The first kappa shape index (κ1) is 13.2. The Balaban J connectivity index is 1.69. The van der Waals surface area contributed by atoms with Crippen molar-refractivity contribution in [2.75, 3.05) is 20.3 Å². The third kappa shape index (κ3) is 3.89. The van der Waals surface area contributed by atoms with Crippen LogP contribution < -0.4 is 14.8 Å². The molecule has 0 spiro atoms. The predicted molar refractivity (Wildman–Crippen MR) is 70.1 cm³/mol. The fraction of sp³-hybridized carbons (Fsp3) is 0.571. The van der Waals surface area contributed by atoms with Crippen molar-refractivity contribution in [3.05, 3.63) is 24.3 Å². The molecule has 0 bridgehead atoms. The van der Waals surface area contributed by atoms with Crippen molar-refractivity contribution in [3.8, 4) is 11.5 Å². The minimum absolute atomic E-state index is 0.251. The molecular formula is C14H21NO3. The minimum atomic E-state index is -0.482. The van der Waals surface area contributed by atoms with Crippen LogP contribution in [0.3, 0.4) is 0 Å². The maximum atomic E-state index is 9.79. The first-order valence-electron chi connectivity index (χ1n) is 6.31. The van der Waals surface area contributed by atoms with Gasteiger partial charge in [-0.3, -0.25) is 0 Å². The van der Waals surface area contributed by atoms with Gasteiger partial charge in [-0.1, -0.05) is 0 Å². The van der Waals surface area contributed by atoms with Crippen LogP contribution in [-0.2, 0) is 0 Å². The Kier molecular flexibility index (Phi) is 4.09. The van der Waals surface area contributed by atoms with Gasteiger partial charge in [-0.15, -0.1) is 0 Å². The Morgan fingerprint density at radius 2 is 1.89 bits per heavy atom. The first-order chi connectivity index (χ1) is 8.61. The lowest BCUT2D eigenvalue weighted by molar-refractivity contribution is 0.103. The molecule has 4 nitrogen and oxygen atoms in total. The van der Waals surface area contributed by atoms with Crippen molar-refractivity contribution in [2.45, 2.75) is 31.4 Å². The molecule has 1 aromatic rings. The monoisotopic (exact) mass is 251 g/mol. The van der Waals surface area contributed by atoms with Gasteiger partial charge in [-0.2, -0.15) is 0 Å². The van der Waals surface area contributed by atoms with Crippen LogP contribution in [0.25, 0.3) is 0 Å². The Labute approximate surface area is 108 Å². The van der Waals surface area contributed by atoms with Crippen LogP contribution in [0.5, 0.6) is 11.5 Å². The Morgan fingerprint density at radius 1 is 1.28 bits per heavy atom. The van der Waals surface area contributed by atoms with Crippen LogP contribution >= 0.6 is 0 Å². The lowest BCUT2D eigenvalue weighted by Gasteiger charge is -2.16. The van der Waals surface area contributed by atoms with E-state index in [4.69, 9.17) is 9.47 Å². The summed E-state index contributed by atoms with van der Waals surface area (Å²) < 4.78 is 10.6. The molecule has 4 heteroatoms. The molecule has 1 saturated carbocycles. The number of aliphatic hydroxyl groups excluding tert-OH is 1. The number of methoxy groups -OCH3 is 1. The Bertz CT molecular complexity index is 373. The standard InChI is InChI=1S/C14H21NO3/c1-14(7-8-14)15-9-11(16)10-18-13-5-3-12(17-2)4-6-13/h3-6,11,15-16H,7-10H2,1-2H3. The molecule has 0 saturated heterocycles. The third-order valence-corrected chi connectivity index (χ3v) is 3.27. The molecule has 0 amide bonds. The number of aliphatic hydroxyl groups is 1. The highest BCUT2D eigenvalue weighted by molar-refractivity contribution is 5.31. The van der Waals surface area contributed by atoms with Gasteiger partial charge in [-0.25, -0.2) is 0 Å². The molecular weight excluding hydrogens is 230 g/mol. The van der Waals surface area contributed by atoms with E-state index in [0.29, 0.717) is 13.2 Å². The molecule has 1 aromatic carbocycles. The van der Waals surface area contributed by atoms with E-state index in [1.54, 1.807) is 7.11 Å². The minimum Gasteiger partial charge on any atom is -0.497 e. The summed E-state index contributed by atoms with van der Waals surface area (Å²) in [4.78, 5) is 0. The lowest BCUT2D eigenvalue weighted by atomic mass is 10.3. The number of β-amino-alcohol motifs (C(OH)–C–C–N with tert-alkyl or cyclic N) is 1. The van der Waals surface area contributed by atoms with Crippen molar-refractivity contribution < 1.29 is 14.6 Å². The van der Waals surface area contributed by atoms with E-state index in [1.165, 1.54) is 12.8 Å². The van der Waals surface area contributed by atoms with Gasteiger partial charge in [0.05, 0.1) is 7.11 Å². The van der Waals surface area contributed by atoms with Crippen LogP contribution in [-0.4, -0.2) is 37.0 Å². The molecule has 1 fully saturated rings. The van der Waals surface area contributed by atoms with Gasteiger partial charge in [0, 0.05) is 12.1 Å². The van der Waals surface area contributed by atoms with Crippen molar-refractivity contribution in [1.82, 2.24) is 5.32 Å². The number of nitrogens with one attached hydrogen (secondary N) is 1. The second-order valence-corrected chi connectivity index (χ2v) is 5.08. The highest BCUT2D eigenvalue weighted by atomic mass is 16.5. The van der Waals surface area contributed by atoms with Crippen molar-refractivity contribution in [1.29, 1.82) is 0 Å². The fourth-order valence-electron chi connectivity index (χ4n) is 1.65. The van der Waals surface area contributed by atoms with Crippen LogP contribution in [0, 0.1) is 0 Å². The summed E-state index contributed by atoms with van der Waals surface area (Å²) in [5, 5.41) is 13.1. The maximum absolute atomic E-state index is 9.79. The summed E-state index contributed by atoms with van der Waals surface area (Å²) in [7, 11) is 1.63. The number of hydrogen-bond acceptors (Lipinski definition) is 4. The van der Waals surface area contributed by atoms with Crippen LogP contribution in [0.1, 0.15) is 19.8 Å².